The third-order valence-electron chi connectivity index (χ3n) is 4.43. The van der Waals surface area contributed by atoms with Crippen molar-refractivity contribution in [1.82, 2.24) is 0 Å². The van der Waals surface area contributed by atoms with Gasteiger partial charge < -0.3 is 9.84 Å². The number of carboxylic acid groups (broad SMARTS) is 1. The molecule has 0 bridgehead atoms. The lowest BCUT2D eigenvalue weighted by Gasteiger charge is -2.23. The molecule has 1 N–H and O–H groups in total. The summed E-state index contributed by atoms with van der Waals surface area (Å²) in [6, 6.07) is 9.60. The van der Waals surface area contributed by atoms with Crippen LogP contribution >= 0.6 is 11.3 Å². The highest BCUT2D eigenvalue weighted by Gasteiger charge is 2.36. The second-order valence-corrected chi connectivity index (χ2v) is 7.17. The molecule has 0 aliphatic rings. The van der Waals surface area contributed by atoms with Crippen LogP contribution in [0.1, 0.15) is 40.8 Å². The van der Waals surface area contributed by atoms with Crippen LogP contribution in [0, 0.1) is 19.8 Å². The minimum atomic E-state index is -0.965. The molecule has 4 nitrogen and oxygen atoms in total. The molecule has 2 aromatic rings. The molecule has 5 heteroatoms. The van der Waals surface area contributed by atoms with Gasteiger partial charge in [-0.2, -0.15) is 0 Å². The van der Waals surface area contributed by atoms with Crippen LogP contribution in [-0.2, 0) is 20.7 Å². The fourth-order valence-corrected chi connectivity index (χ4v) is 3.63. The SMILES string of the molecule is CCOC(=O)C(c1ccc(C)c(C)c1)C(CCc1cccs1)C(=O)O. The molecular formula is C20H24O4S. The smallest absolute Gasteiger partial charge is 0.314 e. The van der Waals surface area contributed by atoms with Crippen molar-refractivity contribution in [1.29, 1.82) is 0 Å². The lowest BCUT2D eigenvalue weighted by atomic mass is 9.82. The van der Waals surface area contributed by atoms with Crippen LogP contribution in [0.25, 0.3) is 0 Å². The van der Waals surface area contributed by atoms with Crippen molar-refractivity contribution in [2.75, 3.05) is 6.61 Å². The number of carbonyl (C=O) groups is 2. The number of esters is 1. The molecule has 2 atom stereocenters. The van der Waals surface area contributed by atoms with E-state index in [4.69, 9.17) is 4.74 Å². The van der Waals surface area contributed by atoms with E-state index in [1.165, 1.54) is 0 Å². The first-order valence-corrected chi connectivity index (χ1v) is 9.31. The van der Waals surface area contributed by atoms with Crippen molar-refractivity contribution in [3.05, 3.63) is 57.3 Å². The number of rotatable bonds is 8. The lowest BCUT2D eigenvalue weighted by molar-refractivity contribution is -0.153. The normalized spacial score (nSPS) is 13.2. The second kappa shape index (κ2) is 8.81. The van der Waals surface area contributed by atoms with Gasteiger partial charge in [-0.25, -0.2) is 0 Å². The number of hydrogen-bond acceptors (Lipinski definition) is 4. The number of carbonyl (C=O) groups excluding carboxylic acids is 1. The number of hydrogen-bond donors (Lipinski definition) is 1. The van der Waals surface area contributed by atoms with E-state index in [1.807, 2.05) is 49.6 Å². The maximum Gasteiger partial charge on any atom is 0.314 e. The average Bonchev–Trinajstić information content (AvgIpc) is 3.07. The van der Waals surface area contributed by atoms with Crippen LogP contribution in [0.15, 0.2) is 35.7 Å². The first-order valence-electron chi connectivity index (χ1n) is 8.43. The molecule has 0 amide bonds. The van der Waals surface area contributed by atoms with Gasteiger partial charge in [0, 0.05) is 4.88 Å². The van der Waals surface area contributed by atoms with Gasteiger partial charge in [0.2, 0.25) is 0 Å². The standard InChI is InChI=1S/C20H24O4S/c1-4-24-20(23)18(15-8-7-13(2)14(3)12-15)17(19(21)22)10-9-16-6-5-11-25-16/h5-8,11-12,17-18H,4,9-10H2,1-3H3,(H,21,22). The monoisotopic (exact) mass is 360 g/mol. The third-order valence-corrected chi connectivity index (χ3v) is 5.37. The molecule has 0 saturated carbocycles. The fourth-order valence-electron chi connectivity index (χ4n) is 2.91. The summed E-state index contributed by atoms with van der Waals surface area (Å²) in [5, 5.41) is 11.7. The van der Waals surface area contributed by atoms with Gasteiger partial charge in [-0.15, -0.1) is 11.3 Å². The molecule has 0 fully saturated rings. The van der Waals surface area contributed by atoms with Crippen molar-refractivity contribution in [3.63, 3.8) is 0 Å². The van der Waals surface area contributed by atoms with E-state index in [2.05, 4.69) is 0 Å². The van der Waals surface area contributed by atoms with E-state index in [1.54, 1.807) is 18.3 Å². The number of thiophene rings is 1. The third kappa shape index (κ3) is 4.92. The topological polar surface area (TPSA) is 63.6 Å². The molecular weight excluding hydrogens is 336 g/mol. The summed E-state index contributed by atoms with van der Waals surface area (Å²) in [5.41, 5.74) is 2.85. The maximum atomic E-state index is 12.6. The Morgan fingerprint density at radius 2 is 1.96 bits per heavy atom. The van der Waals surface area contributed by atoms with Crippen LogP contribution in [0.2, 0.25) is 0 Å². The molecule has 0 radical (unpaired) electrons. The van der Waals surface area contributed by atoms with Gasteiger partial charge in [-0.3, -0.25) is 9.59 Å². The first kappa shape index (κ1) is 19.2. The zero-order valence-electron chi connectivity index (χ0n) is 14.8. The van der Waals surface area contributed by atoms with Crippen molar-refractivity contribution in [2.24, 2.45) is 5.92 Å². The van der Waals surface area contributed by atoms with Crippen molar-refractivity contribution < 1.29 is 19.4 Å². The molecule has 134 valence electrons. The van der Waals surface area contributed by atoms with Gasteiger partial charge in [0.05, 0.1) is 18.4 Å². The van der Waals surface area contributed by atoms with Crippen molar-refractivity contribution >= 4 is 23.3 Å². The summed E-state index contributed by atoms with van der Waals surface area (Å²) in [5.74, 6) is -3.04. The maximum absolute atomic E-state index is 12.6. The van der Waals surface area contributed by atoms with Crippen molar-refractivity contribution in [3.8, 4) is 0 Å². The zero-order chi connectivity index (χ0) is 18.4. The van der Waals surface area contributed by atoms with Gasteiger partial charge in [0.25, 0.3) is 0 Å². The molecule has 2 unspecified atom stereocenters. The summed E-state index contributed by atoms with van der Waals surface area (Å²) in [6.45, 7) is 5.92. The Morgan fingerprint density at radius 3 is 2.52 bits per heavy atom. The predicted molar refractivity (Wildman–Crippen MR) is 99.1 cm³/mol. The number of aryl methyl sites for hydroxylation is 3. The number of benzene rings is 1. The fraction of sp³-hybridized carbons (Fsp3) is 0.400. The molecule has 2 rings (SSSR count). The van der Waals surface area contributed by atoms with Gasteiger partial charge in [0.15, 0.2) is 0 Å². The van der Waals surface area contributed by atoms with Gasteiger partial charge in [-0.05, 0) is 61.7 Å². The van der Waals surface area contributed by atoms with E-state index in [0.29, 0.717) is 18.4 Å². The van der Waals surface area contributed by atoms with Gasteiger partial charge >= 0.3 is 11.9 Å². The highest BCUT2D eigenvalue weighted by Crippen LogP contribution is 2.32. The van der Waals surface area contributed by atoms with E-state index in [0.717, 1.165) is 16.0 Å². The summed E-state index contributed by atoms with van der Waals surface area (Å²) in [7, 11) is 0. The van der Waals surface area contributed by atoms with Gasteiger partial charge in [0.1, 0.15) is 0 Å². The zero-order valence-corrected chi connectivity index (χ0v) is 15.6. The molecule has 0 aliphatic carbocycles. The molecule has 0 saturated heterocycles. The van der Waals surface area contributed by atoms with Crippen LogP contribution in [0.4, 0.5) is 0 Å². The van der Waals surface area contributed by atoms with Gasteiger partial charge in [-0.1, -0.05) is 24.3 Å². The average molecular weight is 360 g/mol. The first-order chi connectivity index (χ1) is 11.9. The molecule has 1 aromatic heterocycles. The Balaban J connectivity index is 2.33. The Kier molecular flexibility index (Phi) is 6.76. The Morgan fingerprint density at radius 1 is 1.20 bits per heavy atom. The Hall–Kier alpha value is -2.14. The summed E-state index contributed by atoms with van der Waals surface area (Å²) in [4.78, 5) is 25.6. The van der Waals surface area contributed by atoms with E-state index < -0.39 is 23.8 Å². The summed E-state index contributed by atoms with van der Waals surface area (Å²) < 4.78 is 5.20. The quantitative estimate of drug-likeness (QED) is 0.711. The molecule has 0 aliphatic heterocycles. The molecule has 25 heavy (non-hydrogen) atoms. The molecule has 1 aromatic carbocycles. The van der Waals surface area contributed by atoms with E-state index in [9.17, 15) is 14.7 Å². The summed E-state index contributed by atoms with van der Waals surface area (Å²) >= 11 is 1.60. The van der Waals surface area contributed by atoms with Crippen LogP contribution < -0.4 is 0 Å². The van der Waals surface area contributed by atoms with Crippen LogP contribution in [0.3, 0.4) is 0 Å². The van der Waals surface area contributed by atoms with E-state index in [-0.39, 0.29) is 6.61 Å². The Labute approximate surface area is 152 Å². The largest absolute Gasteiger partial charge is 0.481 e. The number of aliphatic carboxylic acids is 1. The van der Waals surface area contributed by atoms with Crippen molar-refractivity contribution in [2.45, 2.75) is 39.5 Å². The minimum absolute atomic E-state index is 0.234. The Bertz CT molecular complexity index is 721. The number of ether oxygens (including phenoxy) is 1. The highest BCUT2D eigenvalue weighted by molar-refractivity contribution is 7.09. The van der Waals surface area contributed by atoms with Crippen LogP contribution in [-0.4, -0.2) is 23.7 Å². The predicted octanol–water partition coefficient (Wildman–Crippen LogP) is 4.35. The highest BCUT2D eigenvalue weighted by atomic mass is 32.1. The minimum Gasteiger partial charge on any atom is -0.481 e. The van der Waals surface area contributed by atoms with Crippen LogP contribution in [0.5, 0.6) is 0 Å². The lowest BCUT2D eigenvalue weighted by Crippen LogP contribution is -2.30. The summed E-state index contributed by atoms with van der Waals surface area (Å²) in [6.07, 6.45) is 1.03. The van der Waals surface area contributed by atoms with E-state index >= 15 is 0 Å². The molecule has 0 spiro atoms. The molecule has 1 heterocycles. The number of carboxylic acids is 1. The second-order valence-electron chi connectivity index (χ2n) is 6.14.